The van der Waals surface area contributed by atoms with Crippen molar-refractivity contribution in [3.05, 3.63) is 59.4 Å². The second-order valence-electron chi connectivity index (χ2n) is 8.13. The normalized spacial score (nSPS) is 17.3. The van der Waals surface area contributed by atoms with Gasteiger partial charge in [0.2, 0.25) is 5.91 Å². The number of nitrogens with zero attached hydrogens (tertiary/aromatic N) is 4. The maximum Gasteiger partial charge on any atom is 0.270 e. The summed E-state index contributed by atoms with van der Waals surface area (Å²) >= 11 is 0. The van der Waals surface area contributed by atoms with Crippen LogP contribution in [0, 0.1) is 12.7 Å². The van der Waals surface area contributed by atoms with Gasteiger partial charge in [-0.3, -0.25) is 14.5 Å². The molecule has 32 heavy (non-hydrogen) atoms. The van der Waals surface area contributed by atoms with Crippen LogP contribution in [0.4, 0.5) is 10.1 Å². The minimum atomic E-state index is -0.373. The zero-order valence-electron chi connectivity index (χ0n) is 18.4. The number of aryl methyl sites for hydroxylation is 1. The highest BCUT2D eigenvalue weighted by Gasteiger charge is 2.30. The molecule has 0 unspecified atom stereocenters. The molecular formula is C24H27FN4O3. The third-order valence-corrected chi connectivity index (χ3v) is 5.81. The van der Waals surface area contributed by atoms with E-state index in [1.807, 2.05) is 37.3 Å². The Bertz CT molecular complexity index is 1050. The number of anilines is 1. The molecule has 0 radical (unpaired) electrons. The number of piperazine rings is 1. The summed E-state index contributed by atoms with van der Waals surface area (Å²) in [6.07, 6.45) is 0.618. The molecule has 2 amide bonds. The number of ether oxygens (including phenoxy) is 1. The van der Waals surface area contributed by atoms with Gasteiger partial charge in [-0.1, -0.05) is 18.2 Å². The second-order valence-corrected chi connectivity index (χ2v) is 8.13. The highest BCUT2D eigenvalue weighted by molar-refractivity contribution is 6.40. The predicted molar refractivity (Wildman–Crippen MR) is 120 cm³/mol. The van der Waals surface area contributed by atoms with Gasteiger partial charge in [0.25, 0.3) is 5.91 Å². The van der Waals surface area contributed by atoms with Crippen LogP contribution in [0.1, 0.15) is 24.0 Å². The van der Waals surface area contributed by atoms with Crippen LogP contribution in [0.5, 0.6) is 5.75 Å². The monoisotopic (exact) mass is 438 g/mol. The number of methoxy groups -OCH3 is 1. The molecular weight excluding hydrogens is 411 g/mol. The lowest BCUT2D eigenvalue weighted by atomic mass is 10.1. The van der Waals surface area contributed by atoms with E-state index in [-0.39, 0.29) is 29.8 Å². The Hall–Kier alpha value is -3.26. The quantitative estimate of drug-likeness (QED) is 0.720. The van der Waals surface area contributed by atoms with Gasteiger partial charge in [-0.25, -0.2) is 9.40 Å². The first-order valence-corrected chi connectivity index (χ1v) is 10.8. The lowest BCUT2D eigenvalue weighted by Crippen LogP contribution is -2.51. The van der Waals surface area contributed by atoms with Gasteiger partial charge in [0.05, 0.1) is 12.8 Å². The van der Waals surface area contributed by atoms with Crippen LogP contribution in [0.2, 0.25) is 0 Å². The number of benzene rings is 2. The fraction of sp³-hybridized carbons (Fsp3) is 0.375. The first-order valence-electron chi connectivity index (χ1n) is 10.8. The second kappa shape index (κ2) is 9.48. The van der Waals surface area contributed by atoms with Crippen LogP contribution in [-0.4, -0.2) is 60.6 Å². The minimum Gasteiger partial charge on any atom is -0.494 e. The van der Waals surface area contributed by atoms with E-state index in [0.717, 1.165) is 11.1 Å². The Kier molecular flexibility index (Phi) is 6.50. The van der Waals surface area contributed by atoms with Gasteiger partial charge in [0, 0.05) is 45.6 Å². The van der Waals surface area contributed by atoms with Crippen LogP contribution < -0.4 is 9.75 Å². The summed E-state index contributed by atoms with van der Waals surface area (Å²) in [6.45, 7) is 5.07. The van der Waals surface area contributed by atoms with E-state index in [0.29, 0.717) is 50.5 Å². The fourth-order valence-corrected chi connectivity index (χ4v) is 4.03. The Balaban J connectivity index is 1.38. The summed E-state index contributed by atoms with van der Waals surface area (Å²) in [5, 5.41) is 5.75. The van der Waals surface area contributed by atoms with Gasteiger partial charge in [-0.15, -0.1) is 0 Å². The fourth-order valence-electron chi connectivity index (χ4n) is 4.03. The Labute approximate surface area is 187 Å². The standard InChI is InChI=1S/C24H27FN4O3/c1-17-4-3-5-19(14-17)29-23(30)9-7-21(26-29)24(31)28-12-10-27(11-13-28)16-18-6-8-22(32-2)20(25)15-18/h3-6,8,14-15H,7,9-13,16H2,1-2H3. The molecule has 0 aliphatic carbocycles. The summed E-state index contributed by atoms with van der Waals surface area (Å²) in [6, 6.07) is 12.5. The number of hydrazone groups is 1. The molecule has 2 aromatic rings. The van der Waals surface area contributed by atoms with Crippen molar-refractivity contribution in [3.63, 3.8) is 0 Å². The Morgan fingerprint density at radius 2 is 1.88 bits per heavy atom. The van der Waals surface area contributed by atoms with Crippen LogP contribution in [0.15, 0.2) is 47.6 Å². The molecule has 0 N–H and O–H groups in total. The average molecular weight is 439 g/mol. The molecule has 0 saturated carbocycles. The van der Waals surface area contributed by atoms with Crippen LogP contribution in [-0.2, 0) is 16.1 Å². The van der Waals surface area contributed by atoms with E-state index in [9.17, 15) is 14.0 Å². The first kappa shape index (κ1) is 22.0. The summed E-state index contributed by atoms with van der Waals surface area (Å²) in [5.74, 6) is -0.369. The Morgan fingerprint density at radius 3 is 2.56 bits per heavy atom. The smallest absolute Gasteiger partial charge is 0.270 e. The molecule has 8 heteroatoms. The van der Waals surface area contributed by atoms with Gasteiger partial charge in [0.1, 0.15) is 5.71 Å². The molecule has 168 valence electrons. The van der Waals surface area contributed by atoms with Crippen molar-refractivity contribution >= 4 is 23.2 Å². The first-order chi connectivity index (χ1) is 15.4. The van der Waals surface area contributed by atoms with Gasteiger partial charge in [-0.2, -0.15) is 5.10 Å². The molecule has 0 aromatic heterocycles. The lowest BCUT2D eigenvalue weighted by Gasteiger charge is -2.35. The summed E-state index contributed by atoms with van der Waals surface area (Å²) < 4.78 is 18.9. The number of amides is 2. The van der Waals surface area contributed by atoms with Gasteiger partial charge >= 0.3 is 0 Å². The van der Waals surface area contributed by atoms with Crippen LogP contribution >= 0.6 is 0 Å². The van der Waals surface area contributed by atoms with Crippen molar-refractivity contribution in [2.24, 2.45) is 5.10 Å². The van der Waals surface area contributed by atoms with Gasteiger partial charge in [0.15, 0.2) is 11.6 Å². The molecule has 4 rings (SSSR count). The maximum atomic E-state index is 13.9. The maximum absolute atomic E-state index is 13.9. The van der Waals surface area contributed by atoms with Crippen LogP contribution in [0.3, 0.4) is 0 Å². The topological polar surface area (TPSA) is 65.5 Å². The molecule has 7 nitrogen and oxygen atoms in total. The molecule has 0 spiro atoms. The number of carbonyl (C=O) groups excluding carboxylic acids is 2. The number of carbonyl (C=O) groups is 2. The highest BCUT2D eigenvalue weighted by Crippen LogP contribution is 2.23. The van der Waals surface area contributed by atoms with Gasteiger partial charge < -0.3 is 9.64 Å². The van der Waals surface area contributed by atoms with Crippen molar-refractivity contribution < 1.29 is 18.7 Å². The number of hydrogen-bond acceptors (Lipinski definition) is 5. The van der Waals surface area contributed by atoms with Crippen LogP contribution in [0.25, 0.3) is 0 Å². The van der Waals surface area contributed by atoms with E-state index >= 15 is 0 Å². The highest BCUT2D eigenvalue weighted by atomic mass is 19.1. The summed E-state index contributed by atoms with van der Waals surface area (Å²) in [5.41, 5.74) is 2.98. The van der Waals surface area contributed by atoms with Crippen molar-refractivity contribution in [1.82, 2.24) is 9.80 Å². The zero-order chi connectivity index (χ0) is 22.7. The molecule has 1 fully saturated rings. The predicted octanol–water partition coefficient (Wildman–Crippen LogP) is 2.97. The van der Waals surface area contributed by atoms with Crippen molar-refractivity contribution in [2.75, 3.05) is 38.3 Å². The third kappa shape index (κ3) is 4.80. The van der Waals surface area contributed by atoms with E-state index in [4.69, 9.17) is 4.74 Å². The lowest BCUT2D eigenvalue weighted by molar-refractivity contribution is -0.126. The van der Waals surface area contributed by atoms with Crippen molar-refractivity contribution in [1.29, 1.82) is 0 Å². The molecule has 0 bridgehead atoms. The largest absolute Gasteiger partial charge is 0.494 e. The summed E-state index contributed by atoms with van der Waals surface area (Å²) in [7, 11) is 1.45. The molecule has 2 heterocycles. The van der Waals surface area contributed by atoms with Crippen molar-refractivity contribution in [3.8, 4) is 5.75 Å². The number of hydrogen-bond donors (Lipinski definition) is 0. The minimum absolute atomic E-state index is 0.108. The van der Waals surface area contributed by atoms with E-state index in [2.05, 4.69) is 10.0 Å². The third-order valence-electron chi connectivity index (χ3n) is 5.81. The van der Waals surface area contributed by atoms with Gasteiger partial charge in [-0.05, 0) is 42.3 Å². The molecule has 2 aromatic carbocycles. The van der Waals surface area contributed by atoms with Crippen molar-refractivity contribution in [2.45, 2.75) is 26.3 Å². The molecule has 1 saturated heterocycles. The SMILES string of the molecule is COc1ccc(CN2CCN(C(=O)C3=NN(c4cccc(C)c4)C(=O)CC3)CC2)cc1F. The number of halogens is 1. The van der Waals surface area contributed by atoms with E-state index in [1.54, 1.807) is 11.0 Å². The van der Waals surface area contributed by atoms with E-state index < -0.39 is 0 Å². The molecule has 2 aliphatic rings. The zero-order valence-corrected chi connectivity index (χ0v) is 18.4. The summed E-state index contributed by atoms with van der Waals surface area (Å²) in [4.78, 5) is 29.4. The average Bonchev–Trinajstić information content (AvgIpc) is 2.79. The molecule has 0 atom stereocenters. The Morgan fingerprint density at radius 1 is 1.09 bits per heavy atom. The number of rotatable bonds is 5. The van der Waals surface area contributed by atoms with E-state index in [1.165, 1.54) is 18.2 Å². The molecule has 2 aliphatic heterocycles.